The third-order valence-corrected chi connectivity index (χ3v) is 3.37. The summed E-state index contributed by atoms with van der Waals surface area (Å²) >= 11 is 3.37. The average Bonchev–Trinajstić information content (AvgIpc) is 2.80. The first-order chi connectivity index (χ1) is 9.51. The molecule has 0 aliphatic carbocycles. The third kappa shape index (κ3) is 3.39. The van der Waals surface area contributed by atoms with E-state index in [0.29, 0.717) is 5.58 Å². The SMILES string of the molecule is COCC(O)CN(C)C(=O)c1cc2cc(Br)ccc2o1. The van der Waals surface area contributed by atoms with E-state index >= 15 is 0 Å². The fourth-order valence-electron chi connectivity index (χ4n) is 1.95. The summed E-state index contributed by atoms with van der Waals surface area (Å²) in [6.07, 6.45) is -0.715. The van der Waals surface area contributed by atoms with Crippen LogP contribution in [0.1, 0.15) is 10.6 Å². The number of benzene rings is 1. The fourth-order valence-corrected chi connectivity index (χ4v) is 2.33. The molecule has 1 aromatic heterocycles. The molecular formula is C14H16BrNO4. The number of aliphatic hydroxyl groups excluding tert-OH is 1. The van der Waals surface area contributed by atoms with Gasteiger partial charge in [0, 0.05) is 30.6 Å². The van der Waals surface area contributed by atoms with Gasteiger partial charge in [0.2, 0.25) is 0 Å². The van der Waals surface area contributed by atoms with Crippen molar-refractivity contribution < 1.29 is 19.1 Å². The number of fused-ring (bicyclic) bond motifs is 1. The molecule has 2 aromatic rings. The van der Waals surface area contributed by atoms with Crippen molar-refractivity contribution in [2.45, 2.75) is 6.10 Å². The maximum absolute atomic E-state index is 12.2. The Morgan fingerprint density at radius 1 is 1.50 bits per heavy atom. The average molecular weight is 342 g/mol. The number of aliphatic hydroxyl groups is 1. The van der Waals surface area contributed by atoms with E-state index in [1.807, 2.05) is 12.1 Å². The lowest BCUT2D eigenvalue weighted by molar-refractivity contribution is 0.0368. The van der Waals surface area contributed by atoms with Gasteiger partial charge in [-0.2, -0.15) is 0 Å². The molecule has 5 nitrogen and oxygen atoms in total. The molecule has 1 amide bonds. The van der Waals surface area contributed by atoms with E-state index in [0.717, 1.165) is 9.86 Å². The molecule has 0 aliphatic rings. The molecule has 0 radical (unpaired) electrons. The number of hydrogen-bond acceptors (Lipinski definition) is 4. The molecule has 0 bridgehead atoms. The topological polar surface area (TPSA) is 62.9 Å². The van der Waals surface area contributed by atoms with E-state index in [1.165, 1.54) is 12.0 Å². The Hall–Kier alpha value is -1.37. The highest BCUT2D eigenvalue weighted by molar-refractivity contribution is 9.10. The van der Waals surface area contributed by atoms with Crippen molar-refractivity contribution in [1.82, 2.24) is 4.90 Å². The van der Waals surface area contributed by atoms with Gasteiger partial charge in [-0.25, -0.2) is 0 Å². The molecule has 0 fully saturated rings. The largest absolute Gasteiger partial charge is 0.451 e. The number of halogens is 1. The first kappa shape index (κ1) is 15.0. The van der Waals surface area contributed by atoms with Gasteiger partial charge in [-0.1, -0.05) is 15.9 Å². The van der Waals surface area contributed by atoms with Gasteiger partial charge < -0.3 is 19.2 Å². The molecule has 6 heteroatoms. The molecule has 0 spiro atoms. The van der Waals surface area contributed by atoms with Crippen LogP contribution in [0.4, 0.5) is 0 Å². The third-order valence-electron chi connectivity index (χ3n) is 2.88. The molecular weight excluding hydrogens is 326 g/mol. The van der Waals surface area contributed by atoms with Crippen molar-refractivity contribution >= 4 is 32.8 Å². The Balaban J connectivity index is 2.14. The van der Waals surface area contributed by atoms with Crippen LogP contribution in [0.3, 0.4) is 0 Å². The molecule has 108 valence electrons. The number of likely N-dealkylation sites (N-methyl/N-ethyl adjacent to an activating group) is 1. The van der Waals surface area contributed by atoms with Crippen LogP contribution in [0, 0.1) is 0 Å². The Morgan fingerprint density at radius 3 is 2.95 bits per heavy atom. The molecule has 20 heavy (non-hydrogen) atoms. The number of methoxy groups -OCH3 is 1. The summed E-state index contributed by atoms with van der Waals surface area (Å²) in [5.41, 5.74) is 0.655. The number of carbonyl (C=O) groups excluding carboxylic acids is 1. The van der Waals surface area contributed by atoms with Crippen LogP contribution < -0.4 is 0 Å². The molecule has 0 saturated heterocycles. The second kappa shape index (κ2) is 6.39. The van der Waals surface area contributed by atoms with E-state index in [9.17, 15) is 9.90 Å². The van der Waals surface area contributed by atoms with Crippen molar-refractivity contribution in [1.29, 1.82) is 0 Å². The van der Waals surface area contributed by atoms with Crippen LogP contribution in [0.5, 0.6) is 0 Å². The van der Waals surface area contributed by atoms with Crippen molar-refractivity contribution in [3.05, 3.63) is 34.5 Å². The minimum atomic E-state index is -0.715. The second-order valence-corrected chi connectivity index (χ2v) is 5.50. The summed E-state index contributed by atoms with van der Waals surface area (Å²) in [5.74, 6) is -0.0160. The van der Waals surface area contributed by atoms with Crippen molar-refractivity contribution in [3.8, 4) is 0 Å². The number of nitrogens with zero attached hydrogens (tertiary/aromatic N) is 1. The minimum Gasteiger partial charge on any atom is -0.451 e. The standard InChI is InChI=1S/C14H16BrNO4/c1-16(7-11(17)8-19-2)14(18)13-6-9-5-10(15)3-4-12(9)20-13/h3-6,11,17H,7-8H2,1-2H3. The summed E-state index contributed by atoms with van der Waals surface area (Å²) in [6, 6.07) is 7.24. The van der Waals surface area contributed by atoms with Gasteiger partial charge in [-0.05, 0) is 24.3 Å². The fraction of sp³-hybridized carbons (Fsp3) is 0.357. The predicted molar refractivity (Wildman–Crippen MR) is 78.8 cm³/mol. The minimum absolute atomic E-state index is 0.185. The van der Waals surface area contributed by atoms with Gasteiger partial charge in [-0.15, -0.1) is 0 Å². The normalized spacial score (nSPS) is 12.6. The summed E-state index contributed by atoms with van der Waals surface area (Å²) in [4.78, 5) is 13.6. The quantitative estimate of drug-likeness (QED) is 0.906. The van der Waals surface area contributed by atoms with E-state index in [-0.39, 0.29) is 24.8 Å². The van der Waals surface area contributed by atoms with Gasteiger partial charge in [0.05, 0.1) is 12.7 Å². The van der Waals surface area contributed by atoms with Gasteiger partial charge in [0.15, 0.2) is 5.76 Å². The van der Waals surface area contributed by atoms with Crippen LogP contribution in [-0.2, 0) is 4.74 Å². The number of furan rings is 1. The van der Waals surface area contributed by atoms with E-state index in [2.05, 4.69) is 15.9 Å². The second-order valence-electron chi connectivity index (χ2n) is 4.59. The first-order valence-electron chi connectivity index (χ1n) is 6.13. The van der Waals surface area contributed by atoms with Gasteiger partial charge in [0.1, 0.15) is 5.58 Å². The number of rotatable bonds is 5. The highest BCUT2D eigenvalue weighted by atomic mass is 79.9. The Bertz CT molecular complexity index is 610. The number of ether oxygens (including phenoxy) is 1. The molecule has 0 saturated carbocycles. The van der Waals surface area contributed by atoms with Crippen molar-refractivity contribution in [3.63, 3.8) is 0 Å². The summed E-state index contributed by atoms with van der Waals surface area (Å²) in [7, 11) is 3.12. The summed E-state index contributed by atoms with van der Waals surface area (Å²) < 4.78 is 11.3. The Morgan fingerprint density at radius 2 is 2.25 bits per heavy atom. The van der Waals surface area contributed by atoms with E-state index in [1.54, 1.807) is 19.2 Å². The van der Waals surface area contributed by atoms with Crippen molar-refractivity contribution in [2.24, 2.45) is 0 Å². The van der Waals surface area contributed by atoms with E-state index in [4.69, 9.17) is 9.15 Å². The van der Waals surface area contributed by atoms with Crippen LogP contribution >= 0.6 is 15.9 Å². The van der Waals surface area contributed by atoms with Crippen molar-refractivity contribution in [2.75, 3.05) is 27.3 Å². The van der Waals surface area contributed by atoms with Crippen LogP contribution in [-0.4, -0.2) is 49.3 Å². The predicted octanol–water partition coefficient (Wildman–Crippen LogP) is 2.27. The van der Waals surface area contributed by atoms with Crippen LogP contribution in [0.15, 0.2) is 33.2 Å². The molecule has 1 atom stereocenters. The smallest absolute Gasteiger partial charge is 0.289 e. The molecule has 0 aliphatic heterocycles. The van der Waals surface area contributed by atoms with Crippen LogP contribution in [0.25, 0.3) is 11.0 Å². The highest BCUT2D eigenvalue weighted by Gasteiger charge is 2.19. The monoisotopic (exact) mass is 341 g/mol. The van der Waals surface area contributed by atoms with Crippen LogP contribution in [0.2, 0.25) is 0 Å². The molecule has 2 rings (SSSR count). The lowest BCUT2D eigenvalue weighted by Crippen LogP contribution is -2.36. The molecule has 1 unspecified atom stereocenters. The maximum Gasteiger partial charge on any atom is 0.289 e. The first-order valence-corrected chi connectivity index (χ1v) is 6.92. The van der Waals surface area contributed by atoms with E-state index < -0.39 is 6.10 Å². The lowest BCUT2D eigenvalue weighted by Gasteiger charge is -2.19. The van der Waals surface area contributed by atoms with Gasteiger partial charge in [0.25, 0.3) is 5.91 Å². The molecule has 1 aromatic carbocycles. The zero-order valence-corrected chi connectivity index (χ0v) is 12.9. The van der Waals surface area contributed by atoms with Gasteiger partial charge in [-0.3, -0.25) is 4.79 Å². The summed E-state index contributed by atoms with van der Waals surface area (Å²) in [5, 5.41) is 10.5. The number of amides is 1. The lowest BCUT2D eigenvalue weighted by atomic mass is 10.2. The van der Waals surface area contributed by atoms with Gasteiger partial charge >= 0.3 is 0 Å². The molecule has 1 N–H and O–H groups in total. The maximum atomic E-state index is 12.2. The summed E-state index contributed by atoms with van der Waals surface area (Å²) in [6.45, 7) is 0.373. The Labute approximate surface area is 125 Å². The number of carbonyl (C=O) groups is 1. The number of hydrogen-bond donors (Lipinski definition) is 1. The Kier molecular flexibility index (Phi) is 4.80. The zero-order valence-electron chi connectivity index (χ0n) is 11.3. The highest BCUT2D eigenvalue weighted by Crippen LogP contribution is 2.23. The zero-order chi connectivity index (χ0) is 14.7. The molecule has 1 heterocycles.